The molecule has 8 rings (SSSR count). The van der Waals surface area contributed by atoms with Gasteiger partial charge >= 0.3 is 0 Å². The molecule has 40 heavy (non-hydrogen) atoms. The maximum atomic E-state index is 13.7. The third kappa shape index (κ3) is 4.50. The average Bonchev–Trinajstić information content (AvgIpc) is 2.99. The molecule has 0 nitrogen and oxygen atoms in total. The van der Waals surface area contributed by atoms with E-state index >= 15 is 0 Å². The topological polar surface area (TPSA) is 0 Å². The molecule has 0 bridgehead atoms. The van der Waals surface area contributed by atoms with Crippen molar-refractivity contribution >= 4 is 43.1 Å². The minimum Gasteiger partial charge on any atom is -0.207 e. The lowest BCUT2D eigenvalue weighted by Gasteiger charge is -2.27. The Hall–Kier alpha value is -4.56. The summed E-state index contributed by atoms with van der Waals surface area (Å²) in [5, 5.41) is 10.3. The van der Waals surface area contributed by atoms with Crippen LogP contribution in [0.25, 0.3) is 43.1 Å². The lowest BCUT2D eigenvalue weighted by Crippen LogP contribution is -2.12. The highest BCUT2D eigenvalue weighted by molar-refractivity contribution is 6.08. The third-order valence-electron chi connectivity index (χ3n) is 8.27. The highest BCUT2D eigenvalue weighted by Crippen LogP contribution is 2.41. The predicted molar refractivity (Wildman–Crippen MR) is 164 cm³/mol. The van der Waals surface area contributed by atoms with Gasteiger partial charge in [0.15, 0.2) is 0 Å². The quantitative estimate of drug-likeness (QED) is 0.149. The molecule has 0 saturated heterocycles. The van der Waals surface area contributed by atoms with Crippen molar-refractivity contribution in [3.8, 4) is 0 Å². The van der Waals surface area contributed by atoms with Crippen molar-refractivity contribution in [1.29, 1.82) is 0 Å². The molecule has 0 spiro atoms. The number of aryl methyl sites for hydroxylation is 1. The van der Waals surface area contributed by atoms with Gasteiger partial charge in [-0.1, -0.05) is 97.1 Å². The molecule has 1 unspecified atom stereocenters. The Bertz CT molecular complexity index is 1900. The first-order valence-corrected chi connectivity index (χ1v) is 13.9. The molecule has 0 fully saturated rings. The summed E-state index contributed by atoms with van der Waals surface area (Å²) in [6.07, 6.45) is 2.97. The zero-order chi connectivity index (χ0) is 27.1. The largest absolute Gasteiger partial charge is 0.207 e. The molecule has 7 aromatic carbocycles. The number of hydrogen-bond acceptors (Lipinski definition) is 0. The van der Waals surface area contributed by atoms with Crippen molar-refractivity contribution in [1.82, 2.24) is 0 Å². The van der Waals surface area contributed by atoms with E-state index in [1.165, 1.54) is 66.3 Å². The monoisotopic (exact) mass is 522 g/mol. The van der Waals surface area contributed by atoms with Crippen LogP contribution in [0, 0.1) is 11.6 Å². The molecule has 0 heterocycles. The molecule has 1 aliphatic rings. The highest BCUT2D eigenvalue weighted by Gasteiger charge is 2.24. The Labute approximate surface area is 232 Å². The molecule has 0 aliphatic heterocycles. The molecule has 194 valence electrons. The van der Waals surface area contributed by atoms with E-state index in [4.69, 9.17) is 0 Å². The number of fused-ring (bicyclic) bond motifs is 7. The molecular formula is C38H28F2. The first kappa shape index (κ1) is 24.5. The van der Waals surface area contributed by atoms with Crippen LogP contribution in [0.3, 0.4) is 0 Å². The molecule has 0 amide bonds. The summed E-state index contributed by atoms with van der Waals surface area (Å²) >= 11 is 0. The van der Waals surface area contributed by atoms with Crippen LogP contribution >= 0.6 is 0 Å². The molecular weight excluding hydrogens is 494 g/mol. The fourth-order valence-electron chi connectivity index (χ4n) is 6.42. The van der Waals surface area contributed by atoms with Crippen LogP contribution < -0.4 is 0 Å². The van der Waals surface area contributed by atoms with Crippen molar-refractivity contribution in [2.75, 3.05) is 0 Å². The van der Waals surface area contributed by atoms with E-state index in [1.807, 2.05) is 0 Å². The van der Waals surface area contributed by atoms with E-state index in [-0.39, 0.29) is 5.92 Å². The van der Waals surface area contributed by atoms with Crippen LogP contribution in [0.5, 0.6) is 0 Å². The normalized spacial score (nSPS) is 14.7. The Morgan fingerprint density at radius 1 is 0.475 bits per heavy atom. The Morgan fingerprint density at radius 3 is 1.65 bits per heavy atom. The lowest BCUT2D eigenvalue weighted by molar-refractivity contribution is 0.565. The fourth-order valence-corrected chi connectivity index (χ4v) is 6.42. The van der Waals surface area contributed by atoms with Gasteiger partial charge in [0.25, 0.3) is 0 Å². The minimum absolute atomic E-state index is 0.0554. The number of halogens is 2. The second kappa shape index (κ2) is 10.2. The van der Waals surface area contributed by atoms with Crippen LogP contribution in [-0.4, -0.2) is 0 Å². The van der Waals surface area contributed by atoms with E-state index in [0.29, 0.717) is 0 Å². The smallest absolute Gasteiger partial charge is 0.126 e. The zero-order valence-corrected chi connectivity index (χ0v) is 22.1. The molecule has 1 aliphatic carbocycles. The number of hydrogen-bond donors (Lipinski definition) is 0. The summed E-state index contributed by atoms with van der Waals surface area (Å²) in [6, 6.07) is 42.4. The van der Waals surface area contributed by atoms with Crippen molar-refractivity contribution in [3.05, 3.63) is 156 Å². The molecule has 2 heteroatoms. The van der Waals surface area contributed by atoms with Gasteiger partial charge in [-0.05, 0) is 103 Å². The van der Waals surface area contributed by atoms with Gasteiger partial charge in [0.1, 0.15) is 11.6 Å². The Morgan fingerprint density at radius 2 is 1.02 bits per heavy atom. The van der Waals surface area contributed by atoms with Gasteiger partial charge < -0.3 is 0 Å². The summed E-state index contributed by atoms with van der Waals surface area (Å²) in [5.41, 5.74) is 3.28. The Balaban J connectivity index is 0.000000159. The highest BCUT2D eigenvalue weighted by atomic mass is 19.1. The maximum absolute atomic E-state index is 13.7. The van der Waals surface area contributed by atoms with E-state index in [0.717, 1.165) is 30.9 Å². The second-order valence-electron chi connectivity index (χ2n) is 10.7. The van der Waals surface area contributed by atoms with Crippen LogP contribution in [0.2, 0.25) is 0 Å². The number of benzene rings is 7. The molecule has 0 saturated carbocycles. The summed E-state index contributed by atoms with van der Waals surface area (Å²) in [6.45, 7) is 0. The van der Waals surface area contributed by atoms with E-state index in [9.17, 15) is 8.78 Å². The van der Waals surface area contributed by atoms with Crippen LogP contribution in [0.15, 0.2) is 127 Å². The maximum Gasteiger partial charge on any atom is 0.126 e. The van der Waals surface area contributed by atoms with Crippen molar-refractivity contribution in [2.24, 2.45) is 0 Å². The van der Waals surface area contributed by atoms with Gasteiger partial charge in [-0.2, -0.15) is 0 Å². The molecule has 0 aromatic heterocycles. The van der Waals surface area contributed by atoms with E-state index in [2.05, 4.69) is 109 Å². The van der Waals surface area contributed by atoms with E-state index < -0.39 is 11.6 Å². The van der Waals surface area contributed by atoms with Crippen LogP contribution in [0.1, 0.15) is 35.4 Å². The lowest BCUT2D eigenvalue weighted by atomic mass is 9.77. The van der Waals surface area contributed by atoms with Gasteiger partial charge in [0.2, 0.25) is 0 Å². The zero-order valence-electron chi connectivity index (χ0n) is 22.1. The molecule has 7 aromatic rings. The van der Waals surface area contributed by atoms with Gasteiger partial charge in [-0.25, -0.2) is 8.78 Å². The van der Waals surface area contributed by atoms with Crippen molar-refractivity contribution < 1.29 is 8.78 Å². The summed E-state index contributed by atoms with van der Waals surface area (Å²) in [5.74, 6) is -0.947. The van der Waals surface area contributed by atoms with Crippen molar-refractivity contribution in [3.63, 3.8) is 0 Å². The molecule has 0 N–H and O–H groups in total. The van der Waals surface area contributed by atoms with Gasteiger partial charge in [0.05, 0.1) is 0 Å². The molecule has 0 radical (unpaired) electrons. The average molecular weight is 523 g/mol. The second-order valence-corrected chi connectivity index (χ2v) is 10.7. The minimum atomic E-state index is -0.501. The fraction of sp³-hybridized carbons (Fsp3) is 0.105. The summed E-state index contributed by atoms with van der Waals surface area (Å²) in [7, 11) is 0. The SMILES string of the molecule is Fc1cc(F)cc(C2CCCc3c2ccc2c3ccc3ccccc32)c1.c1ccc2cc3ccccc3cc2c1. The molecule has 1 atom stereocenters. The first-order valence-electron chi connectivity index (χ1n) is 13.9. The van der Waals surface area contributed by atoms with Crippen LogP contribution in [0.4, 0.5) is 8.78 Å². The van der Waals surface area contributed by atoms with Gasteiger partial charge in [0, 0.05) is 12.0 Å². The van der Waals surface area contributed by atoms with E-state index in [1.54, 1.807) is 0 Å². The van der Waals surface area contributed by atoms with Gasteiger partial charge in [-0.3, -0.25) is 0 Å². The van der Waals surface area contributed by atoms with Crippen molar-refractivity contribution in [2.45, 2.75) is 25.2 Å². The summed E-state index contributed by atoms with van der Waals surface area (Å²) < 4.78 is 27.5. The third-order valence-corrected chi connectivity index (χ3v) is 8.27. The Kier molecular flexibility index (Phi) is 6.24. The standard InChI is InChI=1S/C24H18F2.C14H10/c25-17-12-16(13-18(26)14-17)20-6-3-7-21-23(20)11-10-22-19-5-2-1-4-15(19)8-9-24(21)22;1-2-6-12-10-14-8-4-3-7-13(14)9-11(12)5-1/h1-2,4-5,8-14,20H,3,6-7H2;1-10H. The predicted octanol–water partition coefficient (Wildman–Crippen LogP) is 10.7. The van der Waals surface area contributed by atoms with Gasteiger partial charge in [-0.15, -0.1) is 0 Å². The van der Waals surface area contributed by atoms with Crippen LogP contribution in [-0.2, 0) is 6.42 Å². The summed E-state index contributed by atoms with van der Waals surface area (Å²) in [4.78, 5) is 0. The number of rotatable bonds is 1. The first-order chi connectivity index (χ1) is 19.6.